The smallest absolute Gasteiger partial charge is 0.323 e. The topological polar surface area (TPSA) is 134 Å². The summed E-state index contributed by atoms with van der Waals surface area (Å²) in [5.41, 5.74) is 8.11. The average Bonchev–Trinajstić information content (AvgIpc) is 3.16. The van der Waals surface area contributed by atoms with Crippen molar-refractivity contribution in [3.8, 4) is 5.75 Å². The summed E-state index contributed by atoms with van der Waals surface area (Å²) in [4.78, 5) is 23.5. The summed E-state index contributed by atoms with van der Waals surface area (Å²) in [5.74, 6) is 0.0950. The Bertz CT molecular complexity index is 968. The first-order valence-electron chi connectivity index (χ1n) is 8.43. The number of carbonyl (C=O) groups excluding carboxylic acids is 2. The van der Waals surface area contributed by atoms with Crippen LogP contribution in [-0.2, 0) is 6.54 Å². The van der Waals surface area contributed by atoms with Crippen LogP contribution in [0.15, 0.2) is 54.7 Å². The molecular formula is C19H20N6O3. The minimum Gasteiger partial charge on any atom is -0.497 e. The molecule has 0 saturated heterocycles. The van der Waals surface area contributed by atoms with Gasteiger partial charge in [0.1, 0.15) is 5.75 Å². The maximum absolute atomic E-state index is 12.2. The van der Waals surface area contributed by atoms with Gasteiger partial charge in [-0.1, -0.05) is 12.1 Å². The van der Waals surface area contributed by atoms with Crippen molar-refractivity contribution in [3.63, 3.8) is 0 Å². The maximum atomic E-state index is 12.2. The summed E-state index contributed by atoms with van der Waals surface area (Å²) in [6.07, 6.45) is 1.56. The molecule has 0 bridgehead atoms. The Labute approximate surface area is 161 Å². The van der Waals surface area contributed by atoms with Crippen LogP contribution < -0.4 is 26.4 Å². The van der Waals surface area contributed by atoms with Crippen molar-refractivity contribution >= 4 is 29.0 Å². The summed E-state index contributed by atoms with van der Waals surface area (Å²) >= 11 is 0. The zero-order valence-electron chi connectivity index (χ0n) is 15.2. The highest BCUT2D eigenvalue weighted by Crippen LogP contribution is 2.17. The molecule has 3 amide bonds. The van der Waals surface area contributed by atoms with Gasteiger partial charge in [0.25, 0.3) is 5.91 Å². The molecule has 144 valence electrons. The average molecular weight is 380 g/mol. The third kappa shape index (κ3) is 4.79. The number of nitrogens with zero attached hydrogens (tertiary/aromatic N) is 1. The molecule has 1 heterocycles. The number of nitrogens with one attached hydrogen (secondary N) is 4. The largest absolute Gasteiger partial charge is 0.497 e. The number of amides is 3. The van der Waals surface area contributed by atoms with Crippen molar-refractivity contribution in [2.45, 2.75) is 6.54 Å². The molecular weight excluding hydrogens is 360 g/mol. The van der Waals surface area contributed by atoms with E-state index in [9.17, 15) is 9.59 Å². The number of urea groups is 1. The summed E-state index contributed by atoms with van der Waals surface area (Å²) in [6, 6.07) is 14.0. The molecule has 0 aliphatic heterocycles. The molecule has 9 nitrogen and oxygen atoms in total. The summed E-state index contributed by atoms with van der Waals surface area (Å²) in [5, 5.41) is 15.0. The van der Waals surface area contributed by atoms with Gasteiger partial charge in [-0.05, 0) is 42.0 Å². The predicted octanol–water partition coefficient (Wildman–Crippen LogP) is 2.77. The second-order valence-electron chi connectivity index (χ2n) is 5.87. The number of rotatable bonds is 7. The molecule has 0 fully saturated rings. The lowest BCUT2D eigenvalue weighted by Crippen LogP contribution is -2.19. The van der Waals surface area contributed by atoms with E-state index in [0.717, 1.165) is 5.56 Å². The number of benzene rings is 2. The Balaban J connectivity index is 1.58. The maximum Gasteiger partial charge on any atom is 0.323 e. The summed E-state index contributed by atoms with van der Waals surface area (Å²) < 4.78 is 5.09. The third-order valence-electron chi connectivity index (χ3n) is 3.89. The number of aromatic nitrogens is 2. The fourth-order valence-corrected chi connectivity index (χ4v) is 2.54. The van der Waals surface area contributed by atoms with Crippen LogP contribution >= 0.6 is 0 Å². The molecule has 0 unspecified atom stereocenters. The lowest BCUT2D eigenvalue weighted by atomic mass is 10.2. The number of aromatic amines is 1. The number of carbonyl (C=O) groups is 2. The lowest BCUT2D eigenvalue weighted by Gasteiger charge is -2.10. The van der Waals surface area contributed by atoms with Gasteiger partial charge in [-0.2, -0.15) is 5.10 Å². The van der Waals surface area contributed by atoms with E-state index in [1.165, 1.54) is 0 Å². The van der Waals surface area contributed by atoms with Crippen molar-refractivity contribution in [1.82, 2.24) is 10.2 Å². The molecule has 0 aliphatic rings. The van der Waals surface area contributed by atoms with Crippen LogP contribution in [0, 0.1) is 0 Å². The van der Waals surface area contributed by atoms with E-state index in [2.05, 4.69) is 26.1 Å². The van der Waals surface area contributed by atoms with E-state index in [-0.39, 0.29) is 11.7 Å². The molecule has 3 aromatic rings. The van der Waals surface area contributed by atoms with E-state index < -0.39 is 5.91 Å². The van der Waals surface area contributed by atoms with Gasteiger partial charge in [0.2, 0.25) is 0 Å². The molecule has 3 rings (SSSR count). The van der Waals surface area contributed by atoms with Crippen molar-refractivity contribution in [1.29, 1.82) is 0 Å². The van der Waals surface area contributed by atoms with Crippen molar-refractivity contribution in [2.24, 2.45) is 5.73 Å². The monoisotopic (exact) mass is 380 g/mol. The Morgan fingerprint density at radius 1 is 1.11 bits per heavy atom. The molecule has 1 aromatic heterocycles. The number of methoxy groups -OCH3 is 1. The summed E-state index contributed by atoms with van der Waals surface area (Å²) in [6.45, 7) is 0.426. The van der Waals surface area contributed by atoms with E-state index in [0.29, 0.717) is 29.4 Å². The number of anilines is 3. The first kappa shape index (κ1) is 18.8. The zero-order chi connectivity index (χ0) is 19.9. The molecule has 2 aromatic carbocycles. The Kier molecular flexibility index (Phi) is 5.75. The van der Waals surface area contributed by atoms with E-state index in [1.54, 1.807) is 43.6 Å². The highest BCUT2D eigenvalue weighted by atomic mass is 16.5. The molecule has 0 radical (unpaired) electrons. The fourth-order valence-electron chi connectivity index (χ4n) is 2.54. The van der Waals surface area contributed by atoms with Gasteiger partial charge in [0.05, 0.1) is 12.8 Å². The quantitative estimate of drug-likeness (QED) is 0.430. The Morgan fingerprint density at radius 2 is 1.86 bits per heavy atom. The number of hydrogen-bond acceptors (Lipinski definition) is 5. The van der Waals surface area contributed by atoms with Crippen LogP contribution in [0.5, 0.6) is 5.75 Å². The van der Waals surface area contributed by atoms with E-state index in [4.69, 9.17) is 10.5 Å². The van der Waals surface area contributed by atoms with Gasteiger partial charge in [0, 0.05) is 24.1 Å². The van der Waals surface area contributed by atoms with Crippen LogP contribution in [0.25, 0.3) is 0 Å². The van der Waals surface area contributed by atoms with Gasteiger partial charge in [-0.25, -0.2) is 4.79 Å². The van der Waals surface area contributed by atoms with Gasteiger partial charge >= 0.3 is 6.03 Å². The summed E-state index contributed by atoms with van der Waals surface area (Å²) in [7, 11) is 1.58. The number of nitrogens with two attached hydrogens (primary N) is 1. The first-order chi connectivity index (χ1) is 13.5. The van der Waals surface area contributed by atoms with Gasteiger partial charge in [-0.3, -0.25) is 9.89 Å². The highest BCUT2D eigenvalue weighted by molar-refractivity contribution is 5.99. The zero-order valence-corrected chi connectivity index (χ0v) is 15.2. The Morgan fingerprint density at radius 3 is 2.57 bits per heavy atom. The van der Waals surface area contributed by atoms with Gasteiger partial charge in [-0.15, -0.1) is 0 Å². The molecule has 9 heteroatoms. The van der Waals surface area contributed by atoms with Crippen LogP contribution in [0.3, 0.4) is 0 Å². The minimum absolute atomic E-state index is 0.146. The lowest BCUT2D eigenvalue weighted by molar-refractivity contribution is 0.0996. The van der Waals surface area contributed by atoms with Gasteiger partial charge in [0.15, 0.2) is 5.69 Å². The number of H-pyrrole nitrogens is 1. The molecule has 0 saturated carbocycles. The Hall–Kier alpha value is -4.01. The molecule has 0 atom stereocenters. The molecule has 0 spiro atoms. The second kappa shape index (κ2) is 8.58. The van der Waals surface area contributed by atoms with Crippen molar-refractivity contribution in [2.75, 3.05) is 23.1 Å². The van der Waals surface area contributed by atoms with Crippen LogP contribution in [0.2, 0.25) is 0 Å². The molecule has 6 N–H and O–H groups in total. The predicted molar refractivity (Wildman–Crippen MR) is 107 cm³/mol. The minimum atomic E-state index is -0.616. The first-order valence-corrected chi connectivity index (χ1v) is 8.43. The fraction of sp³-hybridized carbons (Fsp3) is 0.105. The second-order valence-corrected chi connectivity index (χ2v) is 5.87. The van der Waals surface area contributed by atoms with E-state index >= 15 is 0 Å². The normalized spacial score (nSPS) is 10.2. The van der Waals surface area contributed by atoms with Crippen molar-refractivity contribution < 1.29 is 14.3 Å². The number of ether oxygens (including phenoxy) is 1. The van der Waals surface area contributed by atoms with E-state index in [1.807, 2.05) is 18.2 Å². The highest BCUT2D eigenvalue weighted by Gasteiger charge is 2.11. The standard InChI is InChI=1S/C19H20N6O3/c1-28-15-7-5-13(6-8-15)23-19(27)24-14-4-2-3-12(9-14)10-21-16-11-22-25-17(16)18(20)26/h2-9,11,21H,10H2,1H3,(H2,20,26)(H,22,25)(H2,23,24,27). The van der Waals surface area contributed by atoms with Crippen LogP contribution in [0.1, 0.15) is 16.1 Å². The van der Waals surface area contributed by atoms with Gasteiger partial charge < -0.3 is 26.4 Å². The van der Waals surface area contributed by atoms with Crippen molar-refractivity contribution in [3.05, 3.63) is 66.0 Å². The van der Waals surface area contributed by atoms with Crippen LogP contribution in [0.4, 0.5) is 21.9 Å². The third-order valence-corrected chi connectivity index (χ3v) is 3.89. The number of hydrogen-bond donors (Lipinski definition) is 5. The molecule has 28 heavy (non-hydrogen) atoms. The van der Waals surface area contributed by atoms with Crippen LogP contribution in [-0.4, -0.2) is 29.2 Å². The molecule has 0 aliphatic carbocycles. The SMILES string of the molecule is COc1ccc(NC(=O)Nc2cccc(CNc3c[nH]nc3C(N)=O)c2)cc1. The number of primary amides is 1.